The maximum Gasteiger partial charge on any atom is 0.293 e. The lowest BCUT2D eigenvalue weighted by Crippen LogP contribution is -2.20. The number of hydrazone groups is 1. The van der Waals surface area contributed by atoms with Gasteiger partial charge < -0.3 is 10.5 Å². The van der Waals surface area contributed by atoms with Gasteiger partial charge in [-0.3, -0.25) is 4.79 Å². The Balaban J connectivity index is 1.82. The first-order chi connectivity index (χ1) is 12.6. The number of carbonyl (C=O) groups excluding carboxylic acids is 1. The summed E-state index contributed by atoms with van der Waals surface area (Å²) < 4.78 is 10.8. The molecular formula is C14H13ClN8O3. The van der Waals surface area contributed by atoms with Crippen molar-refractivity contribution in [2.45, 2.75) is 6.61 Å². The van der Waals surface area contributed by atoms with E-state index in [1.54, 1.807) is 24.3 Å². The van der Waals surface area contributed by atoms with Crippen molar-refractivity contribution >= 4 is 29.5 Å². The molecule has 0 aliphatic heterocycles. The van der Waals surface area contributed by atoms with Gasteiger partial charge in [-0.15, -0.1) is 5.10 Å². The van der Waals surface area contributed by atoms with E-state index >= 15 is 0 Å². The van der Waals surface area contributed by atoms with Crippen LogP contribution in [0, 0.1) is 0 Å². The monoisotopic (exact) mass is 376 g/mol. The van der Waals surface area contributed by atoms with E-state index in [-0.39, 0.29) is 23.9 Å². The summed E-state index contributed by atoms with van der Waals surface area (Å²) in [7, 11) is 1.46. The summed E-state index contributed by atoms with van der Waals surface area (Å²) in [5.74, 6) is -0.499. The fraction of sp³-hybridized carbons (Fsp3) is 0.143. The number of aromatic nitrogens is 5. The Hall–Kier alpha value is -3.31. The quantitative estimate of drug-likeness (QED) is 0.474. The minimum Gasteiger partial charge on any atom is -0.378 e. The van der Waals surface area contributed by atoms with Crippen LogP contribution in [-0.4, -0.2) is 44.5 Å². The van der Waals surface area contributed by atoms with Crippen LogP contribution in [0.1, 0.15) is 21.7 Å². The zero-order chi connectivity index (χ0) is 18.5. The van der Waals surface area contributed by atoms with E-state index in [0.29, 0.717) is 16.3 Å². The summed E-state index contributed by atoms with van der Waals surface area (Å²) in [6.07, 6.45) is 1.42. The Bertz CT molecular complexity index is 951. The van der Waals surface area contributed by atoms with Gasteiger partial charge >= 0.3 is 0 Å². The van der Waals surface area contributed by atoms with Crippen LogP contribution in [0.2, 0.25) is 5.02 Å². The minimum atomic E-state index is -0.596. The van der Waals surface area contributed by atoms with Gasteiger partial charge in [-0.05, 0) is 16.4 Å². The average Bonchev–Trinajstić information content (AvgIpc) is 3.23. The number of nitrogen functional groups attached to an aromatic ring is 1. The number of hydrogen-bond donors (Lipinski definition) is 2. The Morgan fingerprint density at radius 2 is 2.27 bits per heavy atom. The highest BCUT2D eigenvalue weighted by atomic mass is 35.5. The molecule has 0 atom stereocenters. The lowest BCUT2D eigenvalue weighted by molar-refractivity contribution is 0.0944. The Morgan fingerprint density at radius 3 is 2.96 bits per heavy atom. The molecule has 12 heteroatoms. The lowest BCUT2D eigenvalue weighted by atomic mass is 10.2. The molecule has 26 heavy (non-hydrogen) atoms. The maximum atomic E-state index is 12.4. The molecule has 0 bridgehead atoms. The van der Waals surface area contributed by atoms with Crippen LogP contribution >= 0.6 is 11.6 Å². The highest BCUT2D eigenvalue weighted by molar-refractivity contribution is 6.33. The van der Waals surface area contributed by atoms with E-state index in [1.807, 2.05) is 0 Å². The van der Waals surface area contributed by atoms with Gasteiger partial charge in [0.1, 0.15) is 5.69 Å². The highest BCUT2D eigenvalue weighted by Crippen LogP contribution is 2.16. The molecule has 134 valence electrons. The SMILES string of the molecule is COCc1c(C(=O)NN=Cc2ccccc2Cl)nnn1-c1nonc1N. The lowest BCUT2D eigenvalue weighted by Gasteiger charge is -2.04. The first-order valence-corrected chi connectivity index (χ1v) is 7.59. The average molecular weight is 377 g/mol. The molecule has 0 fully saturated rings. The molecule has 1 aromatic carbocycles. The number of halogens is 1. The molecule has 3 aromatic rings. The van der Waals surface area contributed by atoms with E-state index < -0.39 is 5.91 Å². The van der Waals surface area contributed by atoms with Crippen LogP contribution in [0.5, 0.6) is 0 Å². The van der Waals surface area contributed by atoms with Crippen LogP contribution < -0.4 is 11.2 Å². The number of ether oxygens (including phenoxy) is 1. The number of nitrogens with one attached hydrogen (secondary N) is 1. The van der Waals surface area contributed by atoms with Crippen molar-refractivity contribution < 1.29 is 14.2 Å². The predicted octanol–water partition coefficient (Wildman–Crippen LogP) is 0.796. The second kappa shape index (κ2) is 7.72. The largest absolute Gasteiger partial charge is 0.378 e. The topological polar surface area (TPSA) is 146 Å². The van der Waals surface area contributed by atoms with Gasteiger partial charge in [0.2, 0.25) is 11.6 Å². The molecule has 0 unspecified atom stereocenters. The third-order valence-electron chi connectivity index (χ3n) is 3.23. The fourth-order valence-electron chi connectivity index (χ4n) is 2.05. The van der Waals surface area contributed by atoms with Gasteiger partial charge in [-0.25, -0.2) is 10.1 Å². The van der Waals surface area contributed by atoms with Crippen molar-refractivity contribution in [2.24, 2.45) is 5.10 Å². The standard InChI is InChI=1S/C14H13ClN8O3/c1-25-7-10-11(18-22-23(10)13-12(16)20-26-21-13)14(24)19-17-6-8-4-2-3-5-9(8)15/h2-6H,7H2,1H3,(H2,16,20)(H,19,24). The van der Waals surface area contributed by atoms with Gasteiger partial charge in [0.15, 0.2) is 5.69 Å². The maximum absolute atomic E-state index is 12.4. The van der Waals surface area contributed by atoms with Gasteiger partial charge in [0.25, 0.3) is 5.91 Å². The van der Waals surface area contributed by atoms with Crippen LogP contribution in [0.25, 0.3) is 5.82 Å². The van der Waals surface area contributed by atoms with E-state index in [0.717, 1.165) is 0 Å². The molecular weight excluding hydrogens is 364 g/mol. The summed E-state index contributed by atoms with van der Waals surface area (Å²) >= 11 is 6.02. The van der Waals surface area contributed by atoms with E-state index in [1.165, 1.54) is 18.0 Å². The van der Waals surface area contributed by atoms with Crippen LogP contribution in [0.3, 0.4) is 0 Å². The number of hydrogen-bond acceptors (Lipinski definition) is 9. The first-order valence-electron chi connectivity index (χ1n) is 7.21. The molecule has 3 N–H and O–H groups in total. The number of carbonyl (C=O) groups is 1. The second-order valence-electron chi connectivity index (χ2n) is 4.92. The summed E-state index contributed by atoms with van der Waals surface area (Å²) in [5.41, 5.74) is 8.95. The van der Waals surface area contributed by atoms with Gasteiger partial charge in [-0.1, -0.05) is 35.0 Å². The number of benzene rings is 1. The van der Waals surface area contributed by atoms with Crippen molar-refractivity contribution in [1.29, 1.82) is 0 Å². The molecule has 0 saturated carbocycles. The smallest absolute Gasteiger partial charge is 0.293 e. The number of nitrogens with two attached hydrogens (primary N) is 1. The Kier molecular flexibility index (Phi) is 5.20. The predicted molar refractivity (Wildman–Crippen MR) is 90.9 cm³/mol. The molecule has 0 aliphatic rings. The molecule has 0 spiro atoms. The highest BCUT2D eigenvalue weighted by Gasteiger charge is 2.23. The van der Waals surface area contributed by atoms with Crippen molar-refractivity contribution in [1.82, 2.24) is 30.7 Å². The fourth-order valence-corrected chi connectivity index (χ4v) is 2.23. The molecule has 3 rings (SSSR count). The van der Waals surface area contributed by atoms with Crippen molar-refractivity contribution in [3.63, 3.8) is 0 Å². The second-order valence-corrected chi connectivity index (χ2v) is 5.33. The third kappa shape index (κ3) is 3.53. The number of amides is 1. The third-order valence-corrected chi connectivity index (χ3v) is 3.57. The molecule has 0 saturated heterocycles. The first kappa shape index (κ1) is 17.5. The molecule has 2 aromatic heterocycles. The molecule has 2 heterocycles. The number of rotatable bonds is 6. The summed E-state index contributed by atoms with van der Waals surface area (Å²) in [6.45, 7) is 0.0241. The normalized spacial score (nSPS) is 11.2. The van der Waals surface area contributed by atoms with Crippen molar-refractivity contribution in [3.05, 3.63) is 46.2 Å². The van der Waals surface area contributed by atoms with Crippen LogP contribution in [0.15, 0.2) is 34.0 Å². The van der Waals surface area contributed by atoms with Crippen LogP contribution in [0.4, 0.5) is 5.82 Å². The Morgan fingerprint density at radius 1 is 1.46 bits per heavy atom. The number of methoxy groups -OCH3 is 1. The summed E-state index contributed by atoms with van der Waals surface area (Å²) in [4.78, 5) is 12.4. The molecule has 11 nitrogen and oxygen atoms in total. The number of nitrogens with zero attached hydrogens (tertiary/aromatic N) is 6. The van der Waals surface area contributed by atoms with Gasteiger partial charge in [0, 0.05) is 17.7 Å². The summed E-state index contributed by atoms with van der Waals surface area (Å²) in [5, 5.41) is 19.2. The van der Waals surface area contributed by atoms with Crippen molar-refractivity contribution in [3.8, 4) is 5.82 Å². The van der Waals surface area contributed by atoms with E-state index in [4.69, 9.17) is 22.1 Å². The molecule has 0 radical (unpaired) electrons. The molecule has 1 amide bonds. The Labute approximate surface area is 151 Å². The van der Waals surface area contributed by atoms with E-state index in [9.17, 15) is 4.79 Å². The molecule has 0 aliphatic carbocycles. The van der Waals surface area contributed by atoms with Gasteiger partial charge in [-0.2, -0.15) is 9.78 Å². The zero-order valence-corrected chi connectivity index (χ0v) is 14.2. The van der Waals surface area contributed by atoms with E-state index in [2.05, 4.69) is 35.8 Å². The van der Waals surface area contributed by atoms with Crippen molar-refractivity contribution in [2.75, 3.05) is 12.8 Å². The zero-order valence-electron chi connectivity index (χ0n) is 13.5. The minimum absolute atomic E-state index is 0.00375. The number of anilines is 1. The van der Waals surface area contributed by atoms with Gasteiger partial charge in [0.05, 0.1) is 12.8 Å². The summed E-state index contributed by atoms with van der Waals surface area (Å²) in [6, 6.07) is 7.06. The van der Waals surface area contributed by atoms with Crippen LogP contribution in [-0.2, 0) is 11.3 Å².